The summed E-state index contributed by atoms with van der Waals surface area (Å²) in [6, 6.07) is 3.83. The van der Waals surface area contributed by atoms with E-state index in [-0.39, 0.29) is 0 Å². The van der Waals surface area contributed by atoms with Crippen LogP contribution in [-0.2, 0) is 17.9 Å². The predicted octanol–water partition coefficient (Wildman–Crippen LogP) is 3.65. The number of rotatable bonds is 6. The van der Waals surface area contributed by atoms with Gasteiger partial charge in [-0.05, 0) is 30.9 Å². The molecule has 0 atom stereocenters. The molecule has 4 nitrogen and oxygen atoms in total. The normalized spacial score (nSPS) is 10.7. The maximum absolute atomic E-state index is 5.98. The lowest BCUT2D eigenvalue weighted by Crippen LogP contribution is -2.05. The first-order chi connectivity index (χ1) is 9.19. The van der Waals surface area contributed by atoms with Crippen LogP contribution in [0.2, 0.25) is 5.15 Å². The minimum atomic E-state index is 0.379. The van der Waals surface area contributed by atoms with Gasteiger partial charge in [0.1, 0.15) is 17.6 Å². The van der Waals surface area contributed by atoms with Gasteiger partial charge in [-0.1, -0.05) is 11.6 Å². The van der Waals surface area contributed by atoms with Gasteiger partial charge in [-0.15, -0.1) is 11.3 Å². The third-order valence-corrected chi connectivity index (χ3v) is 3.79. The fourth-order valence-electron chi connectivity index (χ4n) is 1.57. The van der Waals surface area contributed by atoms with Crippen LogP contribution in [0.25, 0.3) is 0 Å². The van der Waals surface area contributed by atoms with Gasteiger partial charge in [0.05, 0.1) is 6.54 Å². The van der Waals surface area contributed by atoms with E-state index in [1.165, 1.54) is 10.4 Å². The molecular weight excluding hydrogens is 282 g/mol. The zero-order chi connectivity index (χ0) is 13.7. The van der Waals surface area contributed by atoms with E-state index in [0.717, 1.165) is 12.4 Å². The molecule has 2 aromatic rings. The van der Waals surface area contributed by atoms with Crippen LogP contribution in [0.15, 0.2) is 17.5 Å². The molecule has 0 amide bonds. The van der Waals surface area contributed by atoms with Crippen molar-refractivity contribution in [3.05, 3.63) is 38.9 Å². The molecule has 0 aliphatic rings. The Morgan fingerprint density at radius 3 is 2.95 bits per heavy atom. The molecular formula is C13H16ClN3OS. The number of anilines is 1. The molecule has 2 aromatic heterocycles. The molecule has 0 aliphatic carbocycles. The second kappa shape index (κ2) is 6.84. The molecule has 19 heavy (non-hydrogen) atoms. The van der Waals surface area contributed by atoms with E-state index in [1.807, 2.05) is 6.92 Å². The number of aryl methyl sites for hydroxylation is 1. The molecule has 102 valence electrons. The summed E-state index contributed by atoms with van der Waals surface area (Å²) in [5.74, 6) is 1.32. The van der Waals surface area contributed by atoms with Crippen molar-refractivity contribution in [1.29, 1.82) is 0 Å². The summed E-state index contributed by atoms with van der Waals surface area (Å²) in [6.07, 6.45) is 0. The quantitative estimate of drug-likeness (QED) is 0.827. The molecule has 0 unspecified atom stereocenters. The molecule has 0 saturated heterocycles. The minimum Gasteiger partial charge on any atom is -0.374 e. The first-order valence-electron chi connectivity index (χ1n) is 6.07. The molecule has 0 radical (unpaired) electrons. The van der Waals surface area contributed by atoms with Crippen molar-refractivity contribution in [3.8, 4) is 0 Å². The number of ether oxygens (including phenoxy) is 1. The van der Waals surface area contributed by atoms with Gasteiger partial charge >= 0.3 is 0 Å². The molecule has 6 heteroatoms. The maximum atomic E-state index is 5.98. The first kappa shape index (κ1) is 14.2. The summed E-state index contributed by atoms with van der Waals surface area (Å²) in [6.45, 7) is 5.78. The summed E-state index contributed by atoms with van der Waals surface area (Å²) in [4.78, 5) is 9.79. The van der Waals surface area contributed by atoms with Gasteiger partial charge in [0.2, 0.25) is 0 Å². The van der Waals surface area contributed by atoms with E-state index in [0.29, 0.717) is 24.2 Å². The third-order valence-electron chi connectivity index (χ3n) is 2.57. The maximum Gasteiger partial charge on any atom is 0.158 e. The molecule has 0 aliphatic heterocycles. The minimum absolute atomic E-state index is 0.379. The van der Waals surface area contributed by atoms with Gasteiger partial charge in [-0.3, -0.25) is 0 Å². The van der Waals surface area contributed by atoms with Crippen LogP contribution in [0.1, 0.15) is 23.2 Å². The number of hydrogen-bond acceptors (Lipinski definition) is 5. The van der Waals surface area contributed by atoms with Gasteiger partial charge in [-0.2, -0.15) is 0 Å². The molecule has 0 bridgehead atoms. The van der Waals surface area contributed by atoms with Crippen molar-refractivity contribution in [1.82, 2.24) is 9.97 Å². The average molecular weight is 298 g/mol. The Kier molecular flexibility index (Phi) is 5.13. The number of halogens is 1. The highest BCUT2D eigenvalue weighted by Gasteiger charge is 2.05. The standard InChI is InChI=1S/C13H16ClN3OS/c1-3-18-8-13-16-11(14)6-12(17-13)15-7-10-9(2)4-5-19-10/h4-6H,3,7-8H2,1-2H3,(H,15,16,17). The molecule has 0 saturated carbocycles. The molecule has 1 N–H and O–H groups in total. The van der Waals surface area contributed by atoms with Crippen LogP contribution in [0.3, 0.4) is 0 Å². The summed E-state index contributed by atoms with van der Waals surface area (Å²) in [7, 11) is 0. The monoisotopic (exact) mass is 297 g/mol. The number of nitrogens with one attached hydrogen (secondary N) is 1. The van der Waals surface area contributed by atoms with Crippen LogP contribution in [0, 0.1) is 6.92 Å². The van der Waals surface area contributed by atoms with Gasteiger partial charge in [0, 0.05) is 17.6 Å². The van der Waals surface area contributed by atoms with Crippen molar-refractivity contribution in [2.75, 3.05) is 11.9 Å². The molecule has 0 fully saturated rings. The average Bonchev–Trinajstić information content (AvgIpc) is 2.79. The highest BCUT2D eigenvalue weighted by molar-refractivity contribution is 7.10. The van der Waals surface area contributed by atoms with Crippen LogP contribution in [0.4, 0.5) is 5.82 Å². The molecule has 2 rings (SSSR count). The first-order valence-corrected chi connectivity index (χ1v) is 7.33. The van der Waals surface area contributed by atoms with Crippen LogP contribution in [-0.4, -0.2) is 16.6 Å². The largest absolute Gasteiger partial charge is 0.374 e. The van der Waals surface area contributed by atoms with E-state index in [4.69, 9.17) is 16.3 Å². The topological polar surface area (TPSA) is 47.0 Å². The highest BCUT2D eigenvalue weighted by atomic mass is 35.5. The van der Waals surface area contributed by atoms with Crippen molar-refractivity contribution < 1.29 is 4.74 Å². The highest BCUT2D eigenvalue weighted by Crippen LogP contribution is 2.18. The SMILES string of the molecule is CCOCc1nc(Cl)cc(NCc2sccc2C)n1. The Labute approximate surface area is 121 Å². The Morgan fingerprint density at radius 2 is 2.26 bits per heavy atom. The molecule has 2 heterocycles. The second-order valence-corrected chi connectivity index (χ2v) is 5.40. The Bertz CT molecular complexity index is 544. The van der Waals surface area contributed by atoms with E-state index in [2.05, 4.69) is 33.7 Å². The van der Waals surface area contributed by atoms with E-state index in [1.54, 1.807) is 17.4 Å². The fraction of sp³-hybridized carbons (Fsp3) is 0.385. The number of nitrogens with zero attached hydrogens (tertiary/aromatic N) is 2. The smallest absolute Gasteiger partial charge is 0.158 e. The third kappa shape index (κ3) is 4.16. The van der Waals surface area contributed by atoms with Crippen molar-refractivity contribution in [2.45, 2.75) is 27.0 Å². The second-order valence-electron chi connectivity index (χ2n) is 4.01. The summed E-state index contributed by atoms with van der Waals surface area (Å²) >= 11 is 7.70. The zero-order valence-corrected chi connectivity index (χ0v) is 12.5. The lowest BCUT2D eigenvalue weighted by Gasteiger charge is -2.07. The lowest BCUT2D eigenvalue weighted by molar-refractivity contribution is 0.128. The van der Waals surface area contributed by atoms with E-state index in [9.17, 15) is 0 Å². The van der Waals surface area contributed by atoms with Gasteiger partial charge in [0.25, 0.3) is 0 Å². The number of aromatic nitrogens is 2. The Balaban J connectivity index is 2.03. The van der Waals surface area contributed by atoms with E-state index >= 15 is 0 Å². The van der Waals surface area contributed by atoms with Crippen molar-refractivity contribution >= 4 is 28.8 Å². The summed E-state index contributed by atoms with van der Waals surface area (Å²) in [5, 5.41) is 5.77. The van der Waals surface area contributed by atoms with Crippen LogP contribution >= 0.6 is 22.9 Å². The van der Waals surface area contributed by atoms with E-state index < -0.39 is 0 Å². The van der Waals surface area contributed by atoms with Crippen molar-refractivity contribution in [2.24, 2.45) is 0 Å². The van der Waals surface area contributed by atoms with Gasteiger partial charge in [-0.25, -0.2) is 9.97 Å². The predicted molar refractivity (Wildman–Crippen MR) is 78.8 cm³/mol. The molecule has 0 spiro atoms. The van der Waals surface area contributed by atoms with Gasteiger partial charge in [0.15, 0.2) is 5.82 Å². The summed E-state index contributed by atoms with van der Waals surface area (Å²) < 4.78 is 5.29. The Hall–Kier alpha value is -1.17. The number of hydrogen-bond donors (Lipinski definition) is 1. The zero-order valence-electron chi connectivity index (χ0n) is 10.9. The fourth-order valence-corrected chi connectivity index (χ4v) is 2.62. The van der Waals surface area contributed by atoms with Crippen LogP contribution < -0.4 is 5.32 Å². The van der Waals surface area contributed by atoms with Crippen LogP contribution in [0.5, 0.6) is 0 Å². The Morgan fingerprint density at radius 1 is 1.42 bits per heavy atom. The number of thiophene rings is 1. The molecule has 0 aromatic carbocycles. The van der Waals surface area contributed by atoms with Gasteiger partial charge < -0.3 is 10.1 Å². The lowest BCUT2D eigenvalue weighted by atomic mass is 10.3. The van der Waals surface area contributed by atoms with Crippen molar-refractivity contribution in [3.63, 3.8) is 0 Å². The summed E-state index contributed by atoms with van der Waals surface area (Å²) in [5.41, 5.74) is 1.28.